The van der Waals surface area contributed by atoms with E-state index >= 15 is 0 Å². The Morgan fingerprint density at radius 2 is 1.87 bits per heavy atom. The Bertz CT molecular complexity index is 752. The molecule has 0 unspecified atom stereocenters. The molecule has 1 aromatic rings. The molecule has 0 radical (unpaired) electrons. The van der Waals surface area contributed by atoms with Crippen molar-refractivity contribution in [2.75, 3.05) is 14.1 Å². The Labute approximate surface area is 179 Å². The van der Waals surface area contributed by atoms with Crippen LogP contribution < -0.4 is 10.6 Å². The van der Waals surface area contributed by atoms with Gasteiger partial charge in [0, 0.05) is 12.6 Å². The topological polar surface area (TPSA) is 81.8 Å². The Balaban J connectivity index is 1.67. The molecular weight excluding hydrogens is 380 g/mol. The van der Waals surface area contributed by atoms with Gasteiger partial charge in [0.25, 0.3) is 0 Å². The second-order valence-corrected chi connectivity index (χ2v) is 8.58. The van der Waals surface area contributed by atoms with Crippen LogP contribution in [0.2, 0.25) is 0 Å². The zero-order valence-electron chi connectivity index (χ0n) is 18.3. The predicted molar refractivity (Wildman–Crippen MR) is 115 cm³/mol. The summed E-state index contributed by atoms with van der Waals surface area (Å²) in [5.74, 6) is -0.346. The molecule has 1 aromatic carbocycles. The van der Waals surface area contributed by atoms with Gasteiger partial charge in [-0.3, -0.25) is 19.3 Å². The van der Waals surface area contributed by atoms with Crippen molar-refractivity contribution in [2.45, 2.75) is 76.2 Å². The predicted octanol–water partition coefficient (Wildman–Crippen LogP) is 1.67. The van der Waals surface area contributed by atoms with E-state index in [1.54, 1.807) is 4.90 Å². The number of amides is 3. The summed E-state index contributed by atoms with van der Waals surface area (Å²) in [7, 11) is 3.73. The second kappa shape index (κ2) is 10.1. The summed E-state index contributed by atoms with van der Waals surface area (Å²) in [6.45, 7) is 2.41. The van der Waals surface area contributed by atoms with Crippen molar-refractivity contribution in [3.8, 4) is 0 Å². The molecule has 2 saturated heterocycles. The molecule has 30 heavy (non-hydrogen) atoms. The Morgan fingerprint density at radius 1 is 1.13 bits per heavy atom. The molecule has 0 saturated carbocycles. The normalized spacial score (nSPS) is 24.9. The number of benzene rings is 1. The van der Waals surface area contributed by atoms with Gasteiger partial charge in [-0.05, 0) is 58.2 Å². The first kappa shape index (κ1) is 22.3. The first-order valence-corrected chi connectivity index (χ1v) is 11.0. The van der Waals surface area contributed by atoms with Gasteiger partial charge in [0.1, 0.15) is 12.1 Å². The van der Waals surface area contributed by atoms with Crippen LogP contribution in [0.25, 0.3) is 0 Å². The molecule has 0 bridgehead atoms. The standard InChI is InChI=1S/C23H34N4O3/c1-4-19(26(2)3)22(29)25-18-12-8-11-17-13-14-20(27(17)23(18)30)21(28)24-15-16-9-6-5-7-10-16/h5-7,9-10,17-20H,4,8,11-15H2,1-3H3,(H,24,28)(H,25,29)/t17-,18-,19-,20-/m0/s1. The van der Waals surface area contributed by atoms with Gasteiger partial charge in [-0.2, -0.15) is 0 Å². The van der Waals surface area contributed by atoms with Crippen molar-refractivity contribution in [1.82, 2.24) is 20.4 Å². The van der Waals surface area contributed by atoms with E-state index in [-0.39, 0.29) is 29.8 Å². The summed E-state index contributed by atoms with van der Waals surface area (Å²) in [6.07, 6.45) is 4.56. The van der Waals surface area contributed by atoms with E-state index in [1.807, 2.05) is 56.3 Å². The molecule has 0 aliphatic carbocycles. The first-order chi connectivity index (χ1) is 14.4. The van der Waals surface area contributed by atoms with Crippen molar-refractivity contribution < 1.29 is 14.4 Å². The minimum atomic E-state index is -0.556. The summed E-state index contributed by atoms with van der Waals surface area (Å²) in [6, 6.07) is 8.56. The van der Waals surface area contributed by atoms with Crippen LogP contribution in [-0.2, 0) is 20.9 Å². The van der Waals surface area contributed by atoms with E-state index in [1.165, 1.54) is 0 Å². The quantitative estimate of drug-likeness (QED) is 0.711. The molecular formula is C23H34N4O3. The maximum Gasteiger partial charge on any atom is 0.246 e. The highest BCUT2D eigenvalue weighted by atomic mass is 16.2. The van der Waals surface area contributed by atoms with Gasteiger partial charge < -0.3 is 15.5 Å². The van der Waals surface area contributed by atoms with Crippen molar-refractivity contribution >= 4 is 17.7 Å². The fourth-order valence-electron chi connectivity index (χ4n) is 4.71. The molecule has 7 nitrogen and oxygen atoms in total. The average molecular weight is 415 g/mol. The molecule has 2 aliphatic rings. The Kier molecular flexibility index (Phi) is 7.48. The molecule has 0 spiro atoms. The van der Waals surface area contributed by atoms with Crippen LogP contribution in [-0.4, -0.2) is 65.8 Å². The molecule has 2 aliphatic heterocycles. The van der Waals surface area contributed by atoms with Crippen LogP contribution >= 0.6 is 0 Å². The molecule has 164 valence electrons. The average Bonchev–Trinajstić information content (AvgIpc) is 3.09. The summed E-state index contributed by atoms with van der Waals surface area (Å²) in [4.78, 5) is 42.6. The van der Waals surface area contributed by atoms with Gasteiger partial charge in [-0.25, -0.2) is 0 Å². The maximum atomic E-state index is 13.3. The van der Waals surface area contributed by atoms with Crippen LogP contribution in [0.15, 0.2) is 30.3 Å². The highest BCUT2D eigenvalue weighted by molar-refractivity contribution is 5.93. The summed E-state index contributed by atoms with van der Waals surface area (Å²) in [5.41, 5.74) is 1.03. The molecule has 2 N–H and O–H groups in total. The highest BCUT2D eigenvalue weighted by Gasteiger charge is 2.44. The van der Waals surface area contributed by atoms with Gasteiger partial charge in [-0.15, -0.1) is 0 Å². The van der Waals surface area contributed by atoms with Gasteiger partial charge in [0.05, 0.1) is 6.04 Å². The van der Waals surface area contributed by atoms with Crippen LogP contribution in [0.5, 0.6) is 0 Å². The molecule has 2 fully saturated rings. The summed E-state index contributed by atoms with van der Waals surface area (Å²) < 4.78 is 0. The van der Waals surface area contributed by atoms with E-state index in [2.05, 4.69) is 10.6 Å². The van der Waals surface area contributed by atoms with Gasteiger partial charge in [-0.1, -0.05) is 37.3 Å². The van der Waals surface area contributed by atoms with Crippen molar-refractivity contribution in [3.63, 3.8) is 0 Å². The van der Waals surface area contributed by atoms with E-state index < -0.39 is 12.1 Å². The molecule has 3 amide bonds. The van der Waals surface area contributed by atoms with Gasteiger partial charge in [0.2, 0.25) is 17.7 Å². The van der Waals surface area contributed by atoms with E-state index in [4.69, 9.17) is 0 Å². The summed E-state index contributed by atoms with van der Waals surface area (Å²) >= 11 is 0. The van der Waals surface area contributed by atoms with Crippen molar-refractivity contribution in [2.24, 2.45) is 0 Å². The van der Waals surface area contributed by atoms with E-state index in [0.717, 1.165) is 24.8 Å². The molecule has 7 heteroatoms. The summed E-state index contributed by atoms with van der Waals surface area (Å²) in [5, 5.41) is 5.95. The smallest absolute Gasteiger partial charge is 0.246 e. The second-order valence-electron chi connectivity index (χ2n) is 8.58. The lowest BCUT2D eigenvalue weighted by atomic mass is 10.1. The van der Waals surface area contributed by atoms with Gasteiger partial charge >= 0.3 is 0 Å². The highest BCUT2D eigenvalue weighted by Crippen LogP contribution is 2.32. The third kappa shape index (κ3) is 5.01. The lowest BCUT2D eigenvalue weighted by Gasteiger charge is -2.31. The Hall–Kier alpha value is -2.41. The maximum absolute atomic E-state index is 13.3. The number of fused-ring (bicyclic) bond motifs is 1. The van der Waals surface area contributed by atoms with Crippen molar-refractivity contribution in [3.05, 3.63) is 35.9 Å². The van der Waals surface area contributed by atoms with Crippen molar-refractivity contribution in [1.29, 1.82) is 0 Å². The van der Waals surface area contributed by atoms with E-state index in [0.29, 0.717) is 25.8 Å². The lowest BCUT2D eigenvalue weighted by Crippen LogP contribution is -2.56. The van der Waals surface area contributed by atoms with Gasteiger partial charge in [0.15, 0.2) is 0 Å². The minimum absolute atomic E-state index is 0.0858. The minimum Gasteiger partial charge on any atom is -0.350 e. The third-order valence-electron chi connectivity index (χ3n) is 6.33. The number of hydrogen-bond acceptors (Lipinski definition) is 4. The molecule has 0 aromatic heterocycles. The van der Waals surface area contributed by atoms with Crippen LogP contribution in [0.1, 0.15) is 51.0 Å². The van der Waals surface area contributed by atoms with Crippen LogP contribution in [0.3, 0.4) is 0 Å². The lowest BCUT2D eigenvalue weighted by molar-refractivity contribution is -0.143. The first-order valence-electron chi connectivity index (χ1n) is 11.0. The number of hydrogen-bond donors (Lipinski definition) is 2. The monoisotopic (exact) mass is 414 g/mol. The Morgan fingerprint density at radius 3 is 2.53 bits per heavy atom. The van der Waals surface area contributed by atoms with Crippen LogP contribution in [0, 0.1) is 0 Å². The number of nitrogens with zero attached hydrogens (tertiary/aromatic N) is 2. The zero-order chi connectivity index (χ0) is 21.7. The van der Waals surface area contributed by atoms with E-state index in [9.17, 15) is 14.4 Å². The fraction of sp³-hybridized carbons (Fsp3) is 0.609. The van der Waals surface area contributed by atoms with Crippen LogP contribution in [0.4, 0.5) is 0 Å². The molecule has 4 atom stereocenters. The fourth-order valence-corrected chi connectivity index (χ4v) is 4.71. The SMILES string of the molecule is CC[C@@H](C(=O)N[C@H]1CCC[C@H]2CC[C@@H](C(=O)NCc3ccccc3)N2C1=O)N(C)C. The largest absolute Gasteiger partial charge is 0.350 e. The number of nitrogens with one attached hydrogen (secondary N) is 2. The molecule has 3 rings (SSSR count). The zero-order valence-corrected chi connectivity index (χ0v) is 18.3. The third-order valence-corrected chi connectivity index (χ3v) is 6.33. The number of carbonyl (C=O) groups excluding carboxylic acids is 3. The number of carbonyl (C=O) groups is 3. The number of rotatable bonds is 7. The number of likely N-dealkylation sites (N-methyl/N-ethyl adjacent to an activating group) is 1. The molecule has 2 heterocycles.